The maximum atomic E-state index is 11.6. The molecule has 1 saturated heterocycles. The Hall–Kier alpha value is -1.34. The lowest BCUT2D eigenvalue weighted by molar-refractivity contribution is 0.599. The number of nitrogens with zero attached hydrogens (tertiary/aromatic N) is 3. The predicted molar refractivity (Wildman–Crippen MR) is 87.9 cm³/mol. The molecule has 0 N–H and O–H groups in total. The average Bonchev–Trinajstić information content (AvgIpc) is 3.03. The minimum atomic E-state index is -2.89. The standard InChI is InChI=1S/C15H19N3O2S2/c1-18-14(13-8-10-22(19,20)11-13)16-17-15(18)21-9-7-12-5-3-2-4-6-12/h2-6,13H,7-11H2,1H3. The van der Waals surface area contributed by atoms with Gasteiger partial charge in [0.05, 0.1) is 11.5 Å². The number of thioether (sulfide) groups is 1. The molecule has 0 aliphatic carbocycles. The fourth-order valence-corrected chi connectivity index (χ4v) is 5.36. The molecule has 1 unspecified atom stereocenters. The molecule has 0 amide bonds. The van der Waals surface area contributed by atoms with Crippen LogP contribution >= 0.6 is 11.8 Å². The van der Waals surface area contributed by atoms with Gasteiger partial charge in [0.2, 0.25) is 0 Å². The Morgan fingerprint density at radius 2 is 2.05 bits per heavy atom. The van der Waals surface area contributed by atoms with Crippen LogP contribution in [0.5, 0.6) is 0 Å². The van der Waals surface area contributed by atoms with Crippen LogP contribution in [-0.2, 0) is 23.3 Å². The second-order valence-corrected chi connectivity index (χ2v) is 8.87. The molecule has 118 valence electrons. The maximum absolute atomic E-state index is 11.6. The summed E-state index contributed by atoms with van der Waals surface area (Å²) in [5.74, 6) is 2.18. The van der Waals surface area contributed by atoms with Gasteiger partial charge < -0.3 is 4.57 Å². The lowest BCUT2D eigenvalue weighted by Crippen LogP contribution is -2.09. The zero-order valence-corrected chi connectivity index (χ0v) is 14.1. The van der Waals surface area contributed by atoms with Crippen LogP contribution in [0.1, 0.15) is 23.7 Å². The minimum Gasteiger partial charge on any atom is -0.309 e. The Morgan fingerprint density at radius 1 is 1.27 bits per heavy atom. The van der Waals surface area contributed by atoms with Crippen molar-refractivity contribution in [2.24, 2.45) is 7.05 Å². The minimum absolute atomic E-state index is 0.00836. The normalized spacial score (nSPS) is 20.3. The zero-order chi connectivity index (χ0) is 15.6. The molecule has 1 aliphatic rings. The van der Waals surface area contributed by atoms with Gasteiger partial charge in [0, 0.05) is 18.7 Å². The summed E-state index contributed by atoms with van der Waals surface area (Å²) in [7, 11) is -0.970. The van der Waals surface area contributed by atoms with Crippen molar-refractivity contribution in [1.29, 1.82) is 0 Å². The number of hydrogen-bond acceptors (Lipinski definition) is 5. The van der Waals surface area contributed by atoms with E-state index in [-0.39, 0.29) is 17.4 Å². The van der Waals surface area contributed by atoms with Crippen LogP contribution in [0.25, 0.3) is 0 Å². The van der Waals surface area contributed by atoms with E-state index in [1.165, 1.54) is 5.56 Å². The van der Waals surface area contributed by atoms with Crippen LogP contribution < -0.4 is 0 Å². The molecular weight excluding hydrogens is 318 g/mol. The smallest absolute Gasteiger partial charge is 0.190 e. The predicted octanol–water partition coefficient (Wildman–Crippen LogP) is 2.05. The van der Waals surface area contributed by atoms with Gasteiger partial charge in [0.25, 0.3) is 0 Å². The summed E-state index contributed by atoms with van der Waals surface area (Å²) in [6.07, 6.45) is 1.63. The molecule has 0 spiro atoms. The molecule has 7 heteroatoms. The Kier molecular flexibility index (Phi) is 4.54. The van der Waals surface area contributed by atoms with Crippen LogP contribution in [0.15, 0.2) is 35.5 Å². The third kappa shape index (κ3) is 3.52. The summed E-state index contributed by atoms with van der Waals surface area (Å²) in [5, 5.41) is 9.29. The number of aryl methyl sites for hydroxylation is 1. The van der Waals surface area contributed by atoms with Crippen molar-refractivity contribution in [3.63, 3.8) is 0 Å². The molecule has 22 heavy (non-hydrogen) atoms. The molecule has 5 nitrogen and oxygen atoms in total. The van der Waals surface area contributed by atoms with Gasteiger partial charge in [-0.05, 0) is 18.4 Å². The topological polar surface area (TPSA) is 64.8 Å². The highest BCUT2D eigenvalue weighted by molar-refractivity contribution is 7.99. The van der Waals surface area contributed by atoms with Crippen LogP contribution in [0.3, 0.4) is 0 Å². The molecule has 2 heterocycles. The van der Waals surface area contributed by atoms with Gasteiger partial charge in [-0.15, -0.1) is 10.2 Å². The van der Waals surface area contributed by atoms with Crippen LogP contribution in [-0.4, -0.2) is 40.4 Å². The second-order valence-electron chi connectivity index (χ2n) is 5.58. The van der Waals surface area contributed by atoms with Crippen molar-refractivity contribution < 1.29 is 8.42 Å². The number of hydrogen-bond donors (Lipinski definition) is 0. The van der Waals surface area contributed by atoms with Crippen molar-refractivity contribution in [3.8, 4) is 0 Å². The van der Waals surface area contributed by atoms with Crippen LogP contribution in [0, 0.1) is 0 Å². The van der Waals surface area contributed by atoms with E-state index in [0.717, 1.165) is 23.2 Å². The molecule has 1 fully saturated rings. The molecule has 0 saturated carbocycles. The van der Waals surface area contributed by atoms with Gasteiger partial charge >= 0.3 is 0 Å². The highest BCUT2D eigenvalue weighted by atomic mass is 32.2. The first-order valence-corrected chi connectivity index (χ1v) is 10.1. The van der Waals surface area contributed by atoms with E-state index in [4.69, 9.17) is 0 Å². The molecular formula is C15H19N3O2S2. The van der Waals surface area contributed by atoms with E-state index in [9.17, 15) is 8.42 Å². The van der Waals surface area contributed by atoms with E-state index in [2.05, 4.69) is 22.3 Å². The molecule has 1 atom stereocenters. The molecule has 2 aromatic rings. The van der Waals surface area contributed by atoms with E-state index in [0.29, 0.717) is 6.42 Å². The van der Waals surface area contributed by atoms with Crippen molar-refractivity contribution in [2.75, 3.05) is 17.3 Å². The molecule has 1 aromatic carbocycles. The molecule has 3 rings (SSSR count). The van der Waals surface area contributed by atoms with Crippen molar-refractivity contribution >= 4 is 21.6 Å². The first kappa shape index (κ1) is 15.6. The van der Waals surface area contributed by atoms with Gasteiger partial charge in [0.15, 0.2) is 15.0 Å². The first-order valence-electron chi connectivity index (χ1n) is 7.31. The quantitative estimate of drug-likeness (QED) is 0.781. The first-order chi connectivity index (χ1) is 10.6. The van der Waals surface area contributed by atoms with E-state index < -0.39 is 9.84 Å². The zero-order valence-electron chi connectivity index (χ0n) is 12.5. The lowest BCUT2D eigenvalue weighted by atomic mass is 10.1. The fourth-order valence-electron chi connectivity index (χ4n) is 2.71. The van der Waals surface area contributed by atoms with E-state index >= 15 is 0 Å². The van der Waals surface area contributed by atoms with Gasteiger partial charge in [0.1, 0.15) is 5.82 Å². The van der Waals surface area contributed by atoms with Crippen molar-refractivity contribution in [1.82, 2.24) is 14.8 Å². The largest absolute Gasteiger partial charge is 0.309 e. The maximum Gasteiger partial charge on any atom is 0.190 e. The number of aromatic nitrogens is 3. The third-order valence-corrected chi connectivity index (χ3v) is 6.72. The van der Waals surface area contributed by atoms with E-state index in [1.807, 2.05) is 29.8 Å². The molecule has 1 aromatic heterocycles. The number of rotatable bonds is 5. The highest BCUT2D eigenvalue weighted by Crippen LogP contribution is 2.29. The Bertz CT molecular complexity index is 741. The third-order valence-electron chi connectivity index (χ3n) is 3.93. The summed E-state index contributed by atoms with van der Waals surface area (Å²) < 4.78 is 25.1. The summed E-state index contributed by atoms with van der Waals surface area (Å²) in [4.78, 5) is 0. The summed E-state index contributed by atoms with van der Waals surface area (Å²) in [6.45, 7) is 0. The molecule has 0 bridgehead atoms. The Balaban J connectivity index is 1.62. The molecule has 0 radical (unpaired) electrons. The Labute approximate surface area is 135 Å². The SMILES string of the molecule is Cn1c(SCCc2ccccc2)nnc1C1CCS(=O)(=O)C1. The van der Waals surface area contributed by atoms with Crippen LogP contribution in [0.2, 0.25) is 0 Å². The van der Waals surface area contributed by atoms with Crippen LogP contribution in [0.4, 0.5) is 0 Å². The lowest BCUT2D eigenvalue weighted by Gasteiger charge is -2.08. The Morgan fingerprint density at radius 3 is 2.73 bits per heavy atom. The van der Waals surface area contributed by atoms with Gasteiger partial charge in [-0.3, -0.25) is 0 Å². The highest BCUT2D eigenvalue weighted by Gasteiger charge is 2.32. The summed E-state index contributed by atoms with van der Waals surface area (Å²) in [5.41, 5.74) is 1.30. The number of benzene rings is 1. The second kappa shape index (κ2) is 6.42. The van der Waals surface area contributed by atoms with Crippen molar-refractivity contribution in [2.45, 2.75) is 23.9 Å². The summed E-state index contributed by atoms with van der Waals surface area (Å²) >= 11 is 1.66. The monoisotopic (exact) mass is 337 g/mol. The average molecular weight is 337 g/mol. The molecule has 1 aliphatic heterocycles. The van der Waals surface area contributed by atoms with E-state index in [1.54, 1.807) is 11.8 Å². The van der Waals surface area contributed by atoms with Gasteiger partial charge in [-0.2, -0.15) is 0 Å². The number of sulfone groups is 1. The summed E-state index contributed by atoms with van der Waals surface area (Å²) in [6, 6.07) is 10.3. The van der Waals surface area contributed by atoms with Gasteiger partial charge in [-0.1, -0.05) is 42.1 Å². The fraction of sp³-hybridized carbons (Fsp3) is 0.467. The van der Waals surface area contributed by atoms with Crippen molar-refractivity contribution in [3.05, 3.63) is 41.7 Å². The van der Waals surface area contributed by atoms with Gasteiger partial charge in [-0.25, -0.2) is 8.42 Å².